The first kappa shape index (κ1) is 14.6. The second-order valence-corrected chi connectivity index (χ2v) is 5.55. The molecule has 1 atom stereocenters. The van der Waals surface area contributed by atoms with E-state index in [0.29, 0.717) is 18.0 Å². The Balaban J connectivity index is 2.47. The van der Waals surface area contributed by atoms with E-state index in [9.17, 15) is 9.59 Å². The molecule has 0 spiro atoms. The summed E-state index contributed by atoms with van der Waals surface area (Å²) in [6.07, 6.45) is 0.209. The van der Waals surface area contributed by atoms with Crippen LogP contribution in [0.5, 0.6) is 0 Å². The highest BCUT2D eigenvalue weighted by Gasteiger charge is 2.40. The number of carbonyl (C=O) groups is 2. The number of hydrogen-bond acceptors (Lipinski definition) is 3. The van der Waals surface area contributed by atoms with Crippen LogP contribution >= 0.6 is 0 Å². The molecule has 1 amide bonds. The average molecular weight is 275 g/mol. The number of fused-ring (bicyclic) bond motifs is 1. The van der Waals surface area contributed by atoms with Gasteiger partial charge in [0.25, 0.3) is 5.91 Å². The third-order valence-electron chi connectivity index (χ3n) is 3.43. The largest absolute Gasteiger partial charge is 0.437 e. The number of aryl methyl sites for hydroxylation is 1. The molecule has 1 aliphatic rings. The van der Waals surface area contributed by atoms with Crippen molar-refractivity contribution in [1.29, 1.82) is 0 Å². The molecule has 0 saturated heterocycles. The van der Waals surface area contributed by atoms with E-state index in [-0.39, 0.29) is 11.9 Å². The van der Waals surface area contributed by atoms with Gasteiger partial charge in [-0.2, -0.15) is 0 Å². The van der Waals surface area contributed by atoms with Crippen LogP contribution in [-0.2, 0) is 16.0 Å². The minimum atomic E-state index is -0.580. The molecule has 0 aromatic heterocycles. The molecule has 1 aromatic carbocycles. The van der Waals surface area contributed by atoms with Crippen molar-refractivity contribution in [3.63, 3.8) is 0 Å². The molecule has 0 aliphatic carbocycles. The van der Waals surface area contributed by atoms with Gasteiger partial charge in [-0.1, -0.05) is 39.0 Å². The van der Waals surface area contributed by atoms with Gasteiger partial charge >= 0.3 is 5.97 Å². The van der Waals surface area contributed by atoms with Crippen molar-refractivity contribution < 1.29 is 14.3 Å². The predicted octanol–water partition coefficient (Wildman–Crippen LogP) is 2.92. The standard InChI is InChI=1S/C16H21NO3/c1-5-12-7-6-8-13-14(12)15(19)17(9-10(2)3)16(13)20-11(4)18/h6-8,10,16H,5,9H2,1-4H3. The molecule has 1 aliphatic heterocycles. The van der Waals surface area contributed by atoms with Crippen LogP contribution in [0.4, 0.5) is 0 Å². The zero-order valence-electron chi connectivity index (χ0n) is 12.5. The van der Waals surface area contributed by atoms with Gasteiger partial charge in [-0.3, -0.25) is 14.5 Å². The Morgan fingerprint density at radius 2 is 2.10 bits per heavy atom. The topological polar surface area (TPSA) is 46.6 Å². The van der Waals surface area contributed by atoms with Crippen molar-refractivity contribution in [1.82, 2.24) is 4.90 Å². The first-order valence-corrected chi connectivity index (χ1v) is 7.05. The summed E-state index contributed by atoms with van der Waals surface area (Å²) in [6, 6.07) is 5.75. The maximum atomic E-state index is 12.6. The normalized spacial score (nSPS) is 17.6. The van der Waals surface area contributed by atoms with Crippen molar-refractivity contribution in [3.05, 3.63) is 34.9 Å². The van der Waals surface area contributed by atoms with Crippen LogP contribution < -0.4 is 0 Å². The minimum absolute atomic E-state index is 0.0302. The summed E-state index contributed by atoms with van der Waals surface area (Å²) in [6.45, 7) is 8.06. The lowest BCUT2D eigenvalue weighted by molar-refractivity contribution is -0.154. The third kappa shape index (κ3) is 2.55. The second kappa shape index (κ2) is 5.65. The van der Waals surface area contributed by atoms with E-state index in [2.05, 4.69) is 0 Å². The summed E-state index contributed by atoms with van der Waals surface area (Å²) in [4.78, 5) is 25.6. The smallest absolute Gasteiger partial charge is 0.304 e. The Morgan fingerprint density at radius 1 is 1.40 bits per heavy atom. The quantitative estimate of drug-likeness (QED) is 0.794. The molecule has 4 nitrogen and oxygen atoms in total. The molecule has 0 fully saturated rings. The monoisotopic (exact) mass is 275 g/mol. The fraction of sp³-hybridized carbons (Fsp3) is 0.500. The lowest BCUT2D eigenvalue weighted by atomic mass is 10.0. The van der Waals surface area contributed by atoms with E-state index in [1.807, 2.05) is 39.0 Å². The van der Waals surface area contributed by atoms with Gasteiger partial charge in [-0.05, 0) is 17.9 Å². The van der Waals surface area contributed by atoms with Gasteiger partial charge < -0.3 is 4.74 Å². The van der Waals surface area contributed by atoms with Gasteiger partial charge in [0.2, 0.25) is 6.23 Å². The average Bonchev–Trinajstić information content (AvgIpc) is 2.63. The van der Waals surface area contributed by atoms with E-state index in [4.69, 9.17) is 4.74 Å². The molecule has 2 rings (SSSR count). The first-order valence-electron chi connectivity index (χ1n) is 7.05. The highest BCUT2D eigenvalue weighted by atomic mass is 16.6. The van der Waals surface area contributed by atoms with Crippen LogP contribution in [-0.4, -0.2) is 23.3 Å². The zero-order valence-corrected chi connectivity index (χ0v) is 12.5. The Labute approximate surface area is 119 Å². The van der Waals surface area contributed by atoms with Crippen molar-refractivity contribution in [2.45, 2.75) is 40.3 Å². The molecule has 0 radical (unpaired) electrons. The Hall–Kier alpha value is -1.84. The number of hydrogen-bond donors (Lipinski definition) is 0. The van der Waals surface area contributed by atoms with Crippen molar-refractivity contribution in [2.75, 3.05) is 6.54 Å². The van der Waals surface area contributed by atoms with Crippen LogP contribution in [0.2, 0.25) is 0 Å². The highest BCUT2D eigenvalue weighted by molar-refractivity contribution is 6.00. The molecule has 1 heterocycles. The lowest BCUT2D eigenvalue weighted by Gasteiger charge is -2.26. The summed E-state index contributed by atoms with van der Waals surface area (Å²) in [5.74, 6) is -0.0832. The lowest BCUT2D eigenvalue weighted by Crippen LogP contribution is -2.33. The van der Waals surface area contributed by atoms with Crippen LogP contribution in [0, 0.1) is 5.92 Å². The fourth-order valence-corrected chi connectivity index (χ4v) is 2.66. The first-order chi connectivity index (χ1) is 9.45. The van der Waals surface area contributed by atoms with Crippen molar-refractivity contribution in [2.24, 2.45) is 5.92 Å². The fourth-order valence-electron chi connectivity index (χ4n) is 2.66. The summed E-state index contributed by atoms with van der Waals surface area (Å²) in [7, 11) is 0. The summed E-state index contributed by atoms with van der Waals surface area (Å²) < 4.78 is 5.39. The van der Waals surface area contributed by atoms with E-state index in [1.165, 1.54) is 6.92 Å². The molecular weight excluding hydrogens is 254 g/mol. The maximum Gasteiger partial charge on any atom is 0.304 e. The highest BCUT2D eigenvalue weighted by Crippen LogP contribution is 2.37. The van der Waals surface area contributed by atoms with Crippen LogP contribution in [0.15, 0.2) is 18.2 Å². The molecule has 0 N–H and O–H groups in total. The van der Waals surface area contributed by atoms with Gasteiger partial charge in [0.05, 0.1) is 5.56 Å². The van der Waals surface area contributed by atoms with Gasteiger partial charge in [0, 0.05) is 19.0 Å². The van der Waals surface area contributed by atoms with Crippen LogP contribution in [0.1, 0.15) is 55.4 Å². The number of esters is 1. The number of nitrogens with zero attached hydrogens (tertiary/aromatic N) is 1. The third-order valence-corrected chi connectivity index (χ3v) is 3.43. The second-order valence-electron chi connectivity index (χ2n) is 5.55. The predicted molar refractivity (Wildman–Crippen MR) is 76.2 cm³/mol. The Morgan fingerprint density at radius 3 is 2.65 bits per heavy atom. The van der Waals surface area contributed by atoms with E-state index in [1.54, 1.807) is 4.90 Å². The molecule has 4 heteroatoms. The van der Waals surface area contributed by atoms with Crippen LogP contribution in [0.25, 0.3) is 0 Å². The maximum absolute atomic E-state index is 12.6. The molecule has 1 unspecified atom stereocenters. The summed E-state index contributed by atoms with van der Waals surface area (Å²) in [5, 5.41) is 0. The molecule has 0 saturated carbocycles. The van der Waals surface area contributed by atoms with E-state index < -0.39 is 6.23 Å². The minimum Gasteiger partial charge on any atom is -0.437 e. The van der Waals surface area contributed by atoms with Gasteiger partial charge in [-0.15, -0.1) is 0 Å². The zero-order chi connectivity index (χ0) is 14.9. The number of rotatable bonds is 4. The van der Waals surface area contributed by atoms with Gasteiger partial charge in [0.1, 0.15) is 0 Å². The van der Waals surface area contributed by atoms with Crippen LogP contribution in [0.3, 0.4) is 0 Å². The number of benzene rings is 1. The molecule has 108 valence electrons. The van der Waals surface area contributed by atoms with Crippen molar-refractivity contribution >= 4 is 11.9 Å². The van der Waals surface area contributed by atoms with Gasteiger partial charge in [-0.25, -0.2) is 0 Å². The number of carbonyl (C=O) groups excluding carboxylic acids is 2. The Kier molecular flexibility index (Phi) is 4.12. The Bertz CT molecular complexity index is 537. The van der Waals surface area contributed by atoms with E-state index >= 15 is 0 Å². The molecule has 20 heavy (non-hydrogen) atoms. The van der Waals surface area contributed by atoms with Crippen molar-refractivity contribution in [3.8, 4) is 0 Å². The van der Waals surface area contributed by atoms with Gasteiger partial charge in [0.15, 0.2) is 0 Å². The summed E-state index contributed by atoms with van der Waals surface area (Å²) >= 11 is 0. The van der Waals surface area contributed by atoms with E-state index in [0.717, 1.165) is 17.5 Å². The molecule has 0 bridgehead atoms. The molecular formula is C16H21NO3. The summed E-state index contributed by atoms with van der Waals surface area (Å²) in [5.41, 5.74) is 2.53. The number of ether oxygens (including phenoxy) is 1. The molecule has 1 aromatic rings. The SMILES string of the molecule is CCc1cccc2c1C(=O)N(CC(C)C)C2OC(C)=O. The number of amides is 1.